The Hall–Kier alpha value is -1.36. The Kier molecular flexibility index (Phi) is 4.25. The molecule has 0 bridgehead atoms. The lowest BCUT2D eigenvalue weighted by Crippen LogP contribution is -2.38. The predicted octanol–water partition coefficient (Wildman–Crippen LogP) is 2.93. The number of aromatic nitrogens is 2. The number of carbonyl (C=O) groups is 1. The van der Waals surface area contributed by atoms with Crippen LogP contribution in [0.15, 0.2) is 6.20 Å². The van der Waals surface area contributed by atoms with Crippen molar-refractivity contribution in [1.82, 2.24) is 14.9 Å². The molecule has 2 aliphatic rings. The van der Waals surface area contributed by atoms with Crippen molar-refractivity contribution in [2.75, 3.05) is 6.54 Å². The van der Waals surface area contributed by atoms with Crippen molar-refractivity contribution in [2.24, 2.45) is 5.92 Å². The summed E-state index contributed by atoms with van der Waals surface area (Å²) >= 11 is 0. The average molecular weight is 319 g/mol. The molecule has 3 rings (SSSR count). The second-order valence-electron chi connectivity index (χ2n) is 8.10. The van der Waals surface area contributed by atoms with E-state index in [9.17, 15) is 4.79 Å². The van der Waals surface area contributed by atoms with Gasteiger partial charge in [0.15, 0.2) is 0 Å². The summed E-state index contributed by atoms with van der Waals surface area (Å²) in [6.07, 6.45) is 7.18. The van der Waals surface area contributed by atoms with Crippen LogP contribution < -0.4 is 5.32 Å². The molecule has 1 saturated heterocycles. The third-order valence-electron chi connectivity index (χ3n) is 5.22. The van der Waals surface area contributed by atoms with Crippen molar-refractivity contribution >= 4 is 5.91 Å². The van der Waals surface area contributed by atoms with E-state index in [4.69, 9.17) is 4.74 Å². The summed E-state index contributed by atoms with van der Waals surface area (Å²) in [5.74, 6) is 1.37. The summed E-state index contributed by atoms with van der Waals surface area (Å²) in [4.78, 5) is 17.1. The number of rotatable bonds is 3. The summed E-state index contributed by atoms with van der Waals surface area (Å²) in [7, 11) is 0. The summed E-state index contributed by atoms with van der Waals surface area (Å²) in [6.45, 7) is 10.0. The minimum absolute atomic E-state index is 0.00819. The molecular formula is C18H29N3O2. The first-order chi connectivity index (χ1) is 10.8. The molecule has 0 aliphatic carbocycles. The fraction of sp³-hybridized carbons (Fsp3) is 0.778. The van der Waals surface area contributed by atoms with Crippen molar-refractivity contribution in [2.45, 2.75) is 77.5 Å². The van der Waals surface area contributed by atoms with Crippen molar-refractivity contribution in [3.63, 3.8) is 0 Å². The number of ether oxygens (including phenoxy) is 1. The maximum Gasteiger partial charge on any atom is 0.269 e. The number of fused-ring (bicyclic) bond motifs is 1. The molecule has 5 heteroatoms. The van der Waals surface area contributed by atoms with E-state index in [0.717, 1.165) is 31.6 Å². The Morgan fingerprint density at radius 3 is 2.83 bits per heavy atom. The fourth-order valence-electron chi connectivity index (χ4n) is 4.07. The van der Waals surface area contributed by atoms with Gasteiger partial charge in [0.1, 0.15) is 11.5 Å². The van der Waals surface area contributed by atoms with Crippen LogP contribution >= 0.6 is 0 Å². The van der Waals surface area contributed by atoms with Crippen molar-refractivity contribution in [3.05, 3.63) is 17.7 Å². The minimum atomic E-state index is -0.203. The summed E-state index contributed by atoms with van der Waals surface area (Å²) in [5.41, 5.74) is 0.385. The van der Waals surface area contributed by atoms with Gasteiger partial charge in [0.05, 0.1) is 17.4 Å². The molecule has 1 amide bonds. The van der Waals surface area contributed by atoms with Crippen LogP contribution in [-0.2, 0) is 17.7 Å². The lowest BCUT2D eigenvalue weighted by Gasteiger charge is -2.27. The first-order valence-corrected chi connectivity index (χ1v) is 8.81. The van der Waals surface area contributed by atoms with Gasteiger partial charge in [0.2, 0.25) is 0 Å². The maximum absolute atomic E-state index is 12.6. The van der Waals surface area contributed by atoms with E-state index in [1.165, 1.54) is 12.8 Å². The molecular weight excluding hydrogens is 290 g/mol. The number of imidazole rings is 1. The van der Waals surface area contributed by atoms with Crippen LogP contribution in [0.2, 0.25) is 0 Å². The lowest BCUT2D eigenvalue weighted by molar-refractivity contribution is -0.0740. The number of hydrogen-bond donors (Lipinski definition) is 1. The number of carbonyl (C=O) groups excluding carboxylic acids is 1. The molecule has 1 fully saturated rings. The number of nitrogens with one attached hydrogen (secondary N) is 1. The highest BCUT2D eigenvalue weighted by Crippen LogP contribution is 2.41. The predicted molar refractivity (Wildman–Crippen MR) is 89.5 cm³/mol. The summed E-state index contributed by atoms with van der Waals surface area (Å²) in [6, 6.07) is 0. The Morgan fingerprint density at radius 1 is 1.35 bits per heavy atom. The van der Waals surface area contributed by atoms with Gasteiger partial charge < -0.3 is 14.6 Å². The molecule has 3 heterocycles. The van der Waals surface area contributed by atoms with Gasteiger partial charge in [-0.15, -0.1) is 0 Å². The summed E-state index contributed by atoms with van der Waals surface area (Å²) < 4.78 is 8.21. The molecule has 1 N–H and O–H groups in total. The Bertz CT molecular complexity index is 589. The van der Waals surface area contributed by atoms with Crippen LogP contribution in [-0.4, -0.2) is 33.2 Å². The van der Waals surface area contributed by atoms with Crippen LogP contribution in [0.5, 0.6) is 0 Å². The van der Waals surface area contributed by atoms with Gasteiger partial charge in [-0.05, 0) is 47.0 Å². The molecule has 1 atom stereocenters. The molecule has 0 radical (unpaired) electrons. The van der Waals surface area contributed by atoms with Gasteiger partial charge in [-0.1, -0.05) is 6.42 Å². The smallest absolute Gasteiger partial charge is 0.269 e. The Balaban J connectivity index is 1.65. The standard InChI is InChI=1S/C18H29N3O2/c1-17(2)10-13(18(3,4)23-17)11-20-16(22)14-12-19-15-8-6-5-7-9-21(14)15/h12-13H,5-11H2,1-4H3,(H,20,22). The van der Waals surface area contributed by atoms with E-state index < -0.39 is 0 Å². The highest BCUT2D eigenvalue weighted by Gasteiger charge is 2.45. The monoisotopic (exact) mass is 319 g/mol. The van der Waals surface area contributed by atoms with E-state index >= 15 is 0 Å². The topological polar surface area (TPSA) is 56.2 Å². The van der Waals surface area contributed by atoms with Crippen LogP contribution in [0.3, 0.4) is 0 Å². The largest absolute Gasteiger partial charge is 0.369 e. The number of amides is 1. The van der Waals surface area contributed by atoms with Gasteiger partial charge in [0.25, 0.3) is 5.91 Å². The van der Waals surface area contributed by atoms with Gasteiger partial charge in [0, 0.05) is 25.4 Å². The molecule has 1 aromatic heterocycles. The number of nitrogens with zero attached hydrogens (tertiary/aromatic N) is 2. The van der Waals surface area contributed by atoms with Gasteiger partial charge in [-0.2, -0.15) is 0 Å². The molecule has 1 unspecified atom stereocenters. The summed E-state index contributed by atoms with van der Waals surface area (Å²) in [5, 5.41) is 3.11. The van der Waals surface area contributed by atoms with E-state index in [1.54, 1.807) is 6.20 Å². The molecule has 2 aliphatic heterocycles. The Labute approximate surface area is 138 Å². The normalized spacial score (nSPS) is 25.7. The van der Waals surface area contributed by atoms with Gasteiger partial charge in [-0.25, -0.2) is 4.98 Å². The molecule has 0 aromatic carbocycles. The van der Waals surface area contributed by atoms with E-state index in [-0.39, 0.29) is 17.1 Å². The first-order valence-electron chi connectivity index (χ1n) is 8.81. The van der Waals surface area contributed by atoms with Gasteiger partial charge >= 0.3 is 0 Å². The van der Waals surface area contributed by atoms with Crippen LogP contribution in [0, 0.1) is 5.92 Å². The van der Waals surface area contributed by atoms with Crippen molar-refractivity contribution in [3.8, 4) is 0 Å². The third kappa shape index (κ3) is 3.44. The third-order valence-corrected chi connectivity index (χ3v) is 5.22. The second-order valence-corrected chi connectivity index (χ2v) is 8.10. The van der Waals surface area contributed by atoms with Crippen LogP contribution in [0.1, 0.15) is 69.7 Å². The van der Waals surface area contributed by atoms with Crippen molar-refractivity contribution < 1.29 is 9.53 Å². The minimum Gasteiger partial charge on any atom is -0.369 e. The number of aryl methyl sites for hydroxylation is 1. The molecule has 23 heavy (non-hydrogen) atoms. The average Bonchev–Trinajstić information content (AvgIpc) is 2.83. The van der Waals surface area contributed by atoms with E-state index in [0.29, 0.717) is 18.2 Å². The fourth-order valence-corrected chi connectivity index (χ4v) is 4.07. The van der Waals surface area contributed by atoms with Crippen LogP contribution in [0.4, 0.5) is 0 Å². The van der Waals surface area contributed by atoms with Crippen LogP contribution in [0.25, 0.3) is 0 Å². The lowest BCUT2D eigenvalue weighted by atomic mass is 9.87. The van der Waals surface area contributed by atoms with E-state index in [1.807, 2.05) is 0 Å². The quantitative estimate of drug-likeness (QED) is 0.932. The number of hydrogen-bond acceptors (Lipinski definition) is 3. The highest BCUT2D eigenvalue weighted by atomic mass is 16.5. The molecule has 1 aromatic rings. The van der Waals surface area contributed by atoms with Gasteiger partial charge in [-0.3, -0.25) is 4.79 Å². The molecule has 0 spiro atoms. The first kappa shape index (κ1) is 16.5. The Morgan fingerprint density at radius 2 is 2.13 bits per heavy atom. The van der Waals surface area contributed by atoms with Crippen molar-refractivity contribution in [1.29, 1.82) is 0 Å². The molecule has 5 nitrogen and oxygen atoms in total. The SMILES string of the molecule is CC1(C)CC(CNC(=O)c2cnc3n2CCCCC3)C(C)(C)O1. The molecule has 0 saturated carbocycles. The van der Waals surface area contributed by atoms with E-state index in [2.05, 4.69) is 42.6 Å². The highest BCUT2D eigenvalue weighted by molar-refractivity contribution is 5.92. The zero-order chi connectivity index (χ0) is 16.7. The molecule has 128 valence electrons. The zero-order valence-electron chi connectivity index (χ0n) is 14.8. The maximum atomic E-state index is 12.6. The second kappa shape index (κ2) is 5.93. The zero-order valence-corrected chi connectivity index (χ0v) is 14.8.